The highest BCUT2D eigenvalue weighted by molar-refractivity contribution is 6.23. The Morgan fingerprint density at radius 1 is 1.11 bits per heavy atom. The van der Waals surface area contributed by atoms with E-state index in [-0.39, 0.29) is 6.04 Å². The molecule has 2 aliphatic heterocycles. The van der Waals surface area contributed by atoms with Crippen molar-refractivity contribution in [2.45, 2.75) is 6.04 Å². The minimum Gasteiger partial charge on any atom is -0.497 e. The summed E-state index contributed by atoms with van der Waals surface area (Å²) in [6.45, 7) is 0. The van der Waals surface area contributed by atoms with Gasteiger partial charge in [0.25, 0.3) is 0 Å². The molecule has 0 spiro atoms. The van der Waals surface area contributed by atoms with E-state index in [1.807, 2.05) is 24.3 Å². The molecule has 2 heterocycles. The van der Waals surface area contributed by atoms with E-state index in [1.165, 1.54) is 12.7 Å². The average molecular weight is 241 g/mol. The van der Waals surface area contributed by atoms with E-state index in [2.05, 4.69) is 25.3 Å². The fourth-order valence-corrected chi connectivity index (χ4v) is 1.74. The zero-order valence-corrected chi connectivity index (χ0v) is 9.74. The van der Waals surface area contributed by atoms with Gasteiger partial charge in [-0.25, -0.2) is 15.0 Å². The van der Waals surface area contributed by atoms with Crippen LogP contribution in [0.2, 0.25) is 0 Å². The van der Waals surface area contributed by atoms with Crippen molar-refractivity contribution >= 4 is 30.0 Å². The number of nitrogens with one attached hydrogen (secondary N) is 1. The van der Waals surface area contributed by atoms with Gasteiger partial charge in [0.15, 0.2) is 11.9 Å². The molecular weight excluding hydrogens is 230 g/mol. The number of nitrogens with zero attached hydrogens (tertiary/aromatic N) is 4. The lowest BCUT2D eigenvalue weighted by Crippen LogP contribution is -2.33. The number of anilines is 1. The third-order valence-electron chi connectivity index (χ3n) is 2.66. The van der Waals surface area contributed by atoms with Gasteiger partial charge in [-0.2, -0.15) is 0 Å². The molecule has 0 bridgehead atoms. The second kappa shape index (κ2) is 4.40. The largest absolute Gasteiger partial charge is 0.497 e. The summed E-state index contributed by atoms with van der Waals surface area (Å²) in [5, 5.41) is 3.21. The van der Waals surface area contributed by atoms with E-state index in [4.69, 9.17) is 4.74 Å². The highest BCUT2D eigenvalue weighted by Gasteiger charge is 2.26. The SMILES string of the molecule is COc1ccc(NC2=NC=NC3=NC=N[C@@H]32)cc1. The Hall–Kier alpha value is -2.50. The monoisotopic (exact) mass is 241 g/mol. The lowest BCUT2D eigenvalue weighted by Gasteiger charge is -2.16. The molecule has 2 aliphatic rings. The molecular formula is C12H11N5O. The fraction of sp³-hybridized carbons (Fsp3) is 0.167. The van der Waals surface area contributed by atoms with Crippen LogP contribution < -0.4 is 10.1 Å². The molecule has 6 heteroatoms. The maximum Gasteiger partial charge on any atom is 0.169 e. The number of hydrogen-bond donors (Lipinski definition) is 1. The van der Waals surface area contributed by atoms with Crippen LogP contribution in [0.3, 0.4) is 0 Å². The summed E-state index contributed by atoms with van der Waals surface area (Å²) < 4.78 is 5.11. The zero-order chi connectivity index (χ0) is 12.4. The molecule has 0 aromatic heterocycles. The van der Waals surface area contributed by atoms with Crippen molar-refractivity contribution in [2.24, 2.45) is 20.0 Å². The van der Waals surface area contributed by atoms with Crippen molar-refractivity contribution in [3.8, 4) is 5.75 Å². The van der Waals surface area contributed by atoms with Gasteiger partial charge in [-0.05, 0) is 24.3 Å². The molecule has 0 saturated heterocycles. The van der Waals surface area contributed by atoms with Gasteiger partial charge in [0.2, 0.25) is 0 Å². The minimum atomic E-state index is -0.211. The van der Waals surface area contributed by atoms with E-state index < -0.39 is 0 Å². The smallest absolute Gasteiger partial charge is 0.169 e. The number of amidine groups is 2. The molecule has 0 aliphatic carbocycles. The van der Waals surface area contributed by atoms with E-state index in [0.29, 0.717) is 5.84 Å². The van der Waals surface area contributed by atoms with E-state index >= 15 is 0 Å². The molecule has 0 radical (unpaired) electrons. The van der Waals surface area contributed by atoms with Crippen LogP contribution >= 0.6 is 0 Å². The quantitative estimate of drug-likeness (QED) is 0.849. The van der Waals surface area contributed by atoms with Crippen LogP contribution in [0.15, 0.2) is 44.2 Å². The summed E-state index contributed by atoms with van der Waals surface area (Å²) in [7, 11) is 1.64. The number of methoxy groups -OCH3 is 1. The van der Waals surface area contributed by atoms with Crippen molar-refractivity contribution in [3.63, 3.8) is 0 Å². The molecule has 0 unspecified atom stereocenters. The van der Waals surface area contributed by atoms with Gasteiger partial charge in [-0.1, -0.05) is 0 Å². The van der Waals surface area contributed by atoms with Crippen LogP contribution in [0.25, 0.3) is 0 Å². The topological polar surface area (TPSA) is 70.7 Å². The zero-order valence-electron chi connectivity index (χ0n) is 9.74. The third kappa shape index (κ3) is 1.88. The molecule has 1 aromatic rings. The fourth-order valence-electron chi connectivity index (χ4n) is 1.74. The number of ether oxygens (including phenoxy) is 1. The summed E-state index contributed by atoms with van der Waals surface area (Å²) in [5.74, 6) is 2.21. The number of hydrogen-bond acceptors (Lipinski definition) is 6. The highest BCUT2D eigenvalue weighted by Crippen LogP contribution is 2.17. The Morgan fingerprint density at radius 3 is 2.72 bits per heavy atom. The first kappa shape index (κ1) is 10.6. The van der Waals surface area contributed by atoms with E-state index in [9.17, 15) is 0 Å². The summed E-state index contributed by atoms with van der Waals surface area (Å²) in [4.78, 5) is 16.5. The Labute approximate surface area is 104 Å². The number of rotatable bonds is 2. The van der Waals surface area contributed by atoms with Crippen LogP contribution in [-0.4, -0.2) is 37.5 Å². The Morgan fingerprint density at radius 2 is 1.94 bits per heavy atom. The Balaban J connectivity index is 1.79. The second-order valence-corrected chi connectivity index (χ2v) is 3.77. The van der Waals surface area contributed by atoms with Crippen molar-refractivity contribution in [3.05, 3.63) is 24.3 Å². The molecule has 1 aromatic carbocycles. The normalized spacial score (nSPS) is 20.2. The highest BCUT2D eigenvalue weighted by atomic mass is 16.5. The summed E-state index contributed by atoms with van der Waals surface area (Å²) in [6.07, 6.45) is 2.99. The lowest BCUT2D eigenvalue weighted by atomic mass is 10.2. The van der Waals surface area contributed by atoms with Crippen LogP contribution in [0.5, 0.6) is 5.75 Å². The van der Waals surface area contributed by atoms with Crippen molar-refractivity contribution in [2.75, 3.05) is 12.4 Å². The first-order valence-electron chi connectivity index (χ1n) is 5.47. The van der Waals surface area contributed by atoms with Crippen LogP contribution in [0.1, 0.15) is 0 Å². The molecule has 90 valence electrons. The van der Waals surface area contributed by atoms with Crippen LogP contribution in [-0.2, 0) is 0 Å². The molecule has 1 N–H and O–H groups in total. The minimum absolute atomic E-state index is 0.211. The molecule has 0 saturated carbocycles. The summed E-state index contributed by atoms with van der Waals surface area (Å²) in [6, 6.07) is 7.39. The van der Waals surface area contributed by atoms with Gasteiger partial charge in [0.05, 0.1) is 7.11 Å². The van der Waals surface area contributed by atoms with Gasteiger partial charge in [-0.15, -0.1) is 0 Å². The first-order valence-corrected chi connectivity index (χ1v) is 5.47. The van der Waals surface area contributed by atoms with E-state index in [1.54, 1.807) is 7.11 Å². The van der Waals surface area contributed by atoms with Gasteiger partial charge in [0, 0.05) is 5.69 Å². The molecule has 0 amide bonds. The first-order chi connectivity index (χ1) is 8.86. The number of fused-ring (bicyclic) bond motifs is 1. The predicted molar refractivity (Wildman–Crippen MR) is 72.3 cm³/mol. The summed E-state index contributed by atoms with van der Waals surface area (Å²) in [5.41, 5.74) is 0.923. The van der Waals surface area contributed by atoms with Gasteiger partial charge >= 0.3 is 0 Å². The molecule has 18 heavy (non-hydrogen) atoms. The second-order valence-electron chi connectivity index (χ2n) is 3.77. The molecule has 6 nitrogen and oxygen atoms in total. The molecule has 0 fully saturated rings. The van der Waals surface area contributed by atoms with Crippen LogP contribution in [0, 0.1) is 0 Å². The van der Waals surface area contributed by atoms with Gasteiger partial charge < -0.3 is 10.1 Å². The summed E-state index contributed by atoms with van der Waals surface area (Å²) >= 11 is 0. The Bertz CT molecular complexity index is 571. The van der Waals surface area contributed by atoms with Crippen molar-refractivity contribution < 1.29 is 4.74 Å². The maximum absolute atomic E-state index is 5.11. The van der Waals surface area contributed by atoms with Gasteiger partial charge in [-0.3, -0.25) is 4.99 Å². The number of benzene rings is 1. The maximum atomic E-state index is 5.11. The molecule has 3 rings (SSSR count). The molecule has 1 atom stereocenters. The van der Waals surface area contributed by atoms with Gasteiger partial charge in [0.1, 0.15) is 24.3 Å². The van der Waals surface area contributed by atoms with Crippen molar-refractivity contribution in [1.29, 1.82) is 0 Å². The van der Waals surface area contributed by atoms with Crippen LogP contribution in [0.4, 0.5) is 5.69 Å². The predicted octanol–water partition coefficient (Wildman–Crippen LogP) is 1.36. The Kier molecular flexibility index (Phi) is 2.60. The number of aliphatic imine (C=N–C) groups is 4. The third-order valence-corrected chi connectivity index (χ3v) is 2.66. The standard InChI is InChI=1S/C12H11N5O/c1-18-9-4-2-8(3-5-9)17-12-10-11(14-6-13-10)15-7-16-12/h2-7,10H,1H3,(H,13,14,15,16,17)/t10-/m0/s1. The lowest BCUT2D eigenvalue weighted by molar-refractivity contribution is 0.415. The average Bonchev–Trinajstić information content (AvgIpc) is 2.89. The van der Waals surface area contributed by atoms with Crippen molar-refractivity contribution in [1.82, 2.24) is 0 Å². The van der Waals surface area contributed by atoms with E-state index in [0.717, 1.165) is 17.3 Å².